The summed E-state index contributed by atoms with van der Waals surface area (Å²) in [7, 11) is 0. The third-order valence-corrected chi connectivity index (χ3v) is 3.48. The maximum absolute atomic E-state index is 9.29. The third kappa shape index (κ3) is 2.99. The van der Waals surface area contributed by atoms with Crippen LogP contribution in [0.2, 0.25) is 0 Å². The first kappa shape index (κ1) is 13.3. The van der Waals surface area contributed by atoms with Gasteiger partial charge in [0.15, 0.2) is 0 Å². The van der Waals surface area contributed by atoms with Crippen LogP contribution < -0.4 is 4.90 Å². The lowest BCUT2D eigenvalue weighted by molar-refractivity contribution is 0.208. The lowest BCUT2D eigenvalue weighted by Crippen LogP contribution is -2.37. The van der Waals surface area contributed by atoms with E-state index in [9.17, 15) is 5.11 Å². The minimum atomic E-state index is 0.275. The van der Waals surface area contributed by atoms with E-state index in [2.05, 4.69) is 28.7 Å². The topological polar surface area (TPSA) is 49.2 Å². The summed E-state index contributed by atoms with van der Waals surface area (Å²) in [6, 6.07) is 2.05. The first-order chi connectivity index (χ1) is 8.60. The van der Waals surface area contributed by atoms with Crippen LogP contribution in [0, 0.1) is 12.8 Å². The number of rotatable bonds is 3. The SMILES string of the molecule is Cc1cc(N2CCCC(CO)C2)nc(C(C)C)n1. The molecule has 100 valence electrons. The van der Waals surface area contributed by atoms with E-state index in [-0.39, 0.29) is 6.61 Å². The average Bonchev–Trinajstić information content (AvgIpc) is 2.38. The van der Waals surface area contributed by atoms with Crippen molar-refractivity contribution in [3.8, 4) is 0 Å². The van der Waals surface area contributed by atoms with Crippen molar-refractivity contribution in [3.63, 3.8) is 0 Å². The van der Waals surface area contributed by atoms with E-state index >= 15 is 0 Å². The van der Waals surface area contributed by atoms with Gasteiger partial charge in [0.25, 0.3) is 0 Å². The molecule has 2 rings (SSSR count). The molecule has 18 heavy (non-hydrogen) atoms. The summed E-state index contributed by atoms with van der Waals surface area (Å²) in [5, 5.41) is 9.29. The predicted octanol–water partition coefficient (Wildman–Crippen LogP) is 2.12. The first-order valence-corrected chi connectivity index (χ1v) is 6.81. The monoisotopic (exact) mass is 249 g/mol. The maximum Gasteiger partial charge on any atom is 0.133 e. The fourth-order valence-electron chi connectivity index (χ4n) is 2.42. The highest BCUT2D eigenvalue weighted by Gasteiger charge is 2.21. The number of aliphatic hydroxyl groups is 1. The molecule has 0 aliphatic carbocycles. The molecule has 1 aliphatic heterocycles. The molecular formula is C14H23N3O. The van der Waals surface area contributed by atoms with Crippen molar-refractivity contribution in [1.82, 2.24) is 9.97 Å². The number of aromatic nitrogens is 2. The lowest BCUT2D eigenvalue weighted by Gasteiger charge is -2.33. The summed E-state index contributed by atoms with van der Waals surface area (Å²) in [6.45, 7) is 8.47. The second kappa shape index (κ2) is 5.65. The highest BCUT2D eigenvalue weighted by molar-refractivity contribution is 5.40. The van der Waals surface area contributed by atoms with E-state index in [1.807, 2.05) is 13.0 Å². The van der Waals surface area contributed by atoms with Gasteiger partial charge in [0.2, 0.25) is 0 Å². The quantitative estimate of drug-likeness (QED) is 0.891. The van der Waals surface area contributed by atoms with Crippen molar-refractivity contribution in [2.24, 2.45) is 5.92 Å². The van der Waals surface area contributed by atoms with Crippen molar-refractivity contribution in [2.75, 3.05) is 24.6 Å². The number of piperidine rings is 1. The van der Waals surface area contributed by atoms with Crippen LogP contribution >= 0.6 is 0 Å². The van der Waals surface area contributed by atoms with Gasteiger partial charge in [0, 0.05) is 37.4 Å². The molecule has 1 saturated heterocycles. The van der Waals surface area contributed by atoms with Crippen LogP contribution in [0.1, 0.15) is 44.1 Å². The normalized spacial score (nSPS) is 20.5. The van der Waals surface area contributed by atoms with Gasteiger partial charge in [-0.25, -0.2) is 9.97 Å². The number of hydrogen-bond acceptors (Lipinski definition) is 4. The maximum atomic E-state index is 9.29. The Morgan fingerprint density at radius 2 is 2.22 bits per heavy atom. The van der Waals surface area contributed by atoms with Gasteiger partial charge in [0.1, 0.15) is 11.6 Å². The van der Waals surface area contributed by atoms with Crippen LogP contribution in [0.15, 0.2) is 6.07 Å². The number of aliphatic hydroxyl groups excluding tert-OH is 1. The van der Waals surface area contributed by atoms with Crippen LogP contribution in [0.25, 0.3) is 0 Å². The summed E-state index contributed by atoms with van der Waals surface area (Å²) in [5.41, 5.74) is 1.02. The molecule has 1 atom stereocenters. The molecule has 1 unspecified atom stereocenters. The Bertz CT molecular complexity index is 406. The van der Waals surface area contributed by atoms with Crippen molar-refractivity contribution in [1.29, 1.82) is 0 Å². The van der Waals surface area contributed by atoms with Crippen molar-refractivity contribution in [2.45, 2.75) is 39.5 Å². The van der Waals surface area contributed by atoms with Gasteiger partial charge in [-0.05, 0) is 25.7 Å². The smallest absolute Gasteiger partial charge is 0.133 e. The molecule has 4 nitrogen and oxygen atoms in total. The second-order valence-corrected chi connectivity index (χ2v) is 5.52. The van der Waals surface area contributed by atoms with Gasteiger partial charge >= 0.3 is 0 Å². The molecule has 0 saturated carbocycles. The van der Waals surface area contributed by atoms with E-state index in [1.54, 1.807) is 0 Å². The Labute approximate surface area is 109 Å². The van der Waals surface area contributed by atoms with Gasteiger partial charge < -0.3 is 10.0 Å². The van der Waals surface area contributed by atoms with E-state index in [4.69, 9.17) is 0 Å². The summed E-state index contributed by atoms with van der Waals surface area (Å²) in [4.78, 5) is 11.4. The Kier molecular flexibility index (Phi) is 4.17. The average molecular weight is 249 g/mol. The number of anilines is 1. The van der Waals surface area contributed by atoms with E-state index in [0.717, 1.165) is 43.3 Å². The first-order valence-electron chi connectivity index (χ1n) is 6.81. The molecule has 0 bridgehead atoms. The molecule has 0 amide bonds. The third-order valence-electron chi connectivity index (χ3n) is 3.48. The minimum absolute atomic E-state index is 0.275. The highest BCUT2D eigenvalue weighted by Crippen LogP contribution is 2.23. The zero-order valence-corrected chi connectivity index (χ0v) is 11.6. The predicted molar refractivity (Wildman–Crippen MR) is 72.9 cm³/mol. The molecule has 1 fully saturated rings. The molecule has 4 heteroatoms. The molecule has 1 aromatic rings. The molecule has 2 heterocycles. The molecule has 0 aromatic carbocycles. The van der Waals surface area contributed by atoms with E-state index in [1.165, 1.54) is 0 Å². The second-order valence-electron chi connectivity index (χ2n) is 5.52. The number of hydrogen-bond donors (Lipinski definition) is 1. The minimum Gasteiger partial charge on any atom is -0.396 e. The Balaban J connectivity index is 2.21. The van der Waals surface area contributed by atoms with Crippen LogP contribution in [0.3, 0.4) is 0 Å². The van der Waals surface area contributed by atoms with Crippen molar-refractivity contribution >= 4 is 5.82 Å². The van der Waals surface area contributed by atoms with Crippen LogP contribution in [0.4, 0.5) is 5.82 Å². The van der Waals surface area contributed by atoms with Gasteiger partial charge in [-0.1, -0.05) is 13.8 Å². The zero-order chi connectivity index (χ0) is 13.1. The Morgan fingerprint density at radius 3 is 2.89 bits per heavy atom. The summed E-state index contributed by atoms with van der Waals surface area (Å²) < 4.78 is 0. The number of aryl methyl sites for hydroxylation is 1. The van der Waals surface area contributed by atoms with Crippen molar-refractivity contribution < 1.29 is 5.11 Å². The highest BCUT2D eigenvalue weighted by atomic mass is 16.3. The molecule has 1 N–H and O–H groups in total. The lowest BCUT2D eigenvalue weighted by atomic mass is 9.99. The fraction of sp³-hybridized carbons (Fsp3) is 0.714. The standard InChI is InChI=1S/C14H23N3O/c1-10(2)14-15-11(3)7-13(16-14)17-6-4-5-12(8-17)9-18/h7,10,12,18H,4-6,8-9H2,1-3H3. The molecule has 0 spiro atoms. The van der Waals surface area contributed by atoms with Crippen molar-refractivity contribution in [3.05, 3.63) is 17.6 Å². The van der Waals surface area contributed by atoms with Gasteiger partial charge in [0.05, 0.1) is 0 Å². The van der Waals surface area contributed by atoms with Crippen LogP contribution in [-0.4, -0.2) is 34.8 Å². The molecule has 1 aliphatic rings. The summed E-state index contributed by atoms with van der Waals surface area (Å²) in [6.07, 6.45) is 2.25. The Hall–Kier alpha value is -1.16. The van der Waals surface area contributed by atoms with Gasteiger partial charge in [-0.3, -0.25) is 0 Å². The summed E-state index contributed by atoms with van der Waals surface area (Å²) >= 11 is 0. The largest absolute Gasteiger partial charge is 0.396 e. The van der Waals surface area contributed by atoms with E-state index < -0.39 is 0 Å². The zero-order valence-electron chi connectivity index (χ0n) is 11.6. The number of nitrogens with zero attached hydrogens (tertiary/aromatic N) is 3. The Morgan fingerprint density at radius 1 is 1.44 bits per heavy atom. The molecule has 0 radical (unpaired) electrons. The van der Waals surface area contributed by atoms with E-state index in [0.29, 0.717) is 11.8 Å². The fourth-order valence-corrected chi connectivity index (χ4v) is 2.42. The van der Waals surface area contributed by atoms with Gasteiger partial charge in [-0.15, -0.1) is 0 Å². The van der Waals surface area contributed by atoms with Gasteiger partial charge in [-0.2, -0.15) is 0 Å². The van der Waals surface area contributed by atoms with Crippen LogP contribution in [-0.2, 0) is 0 Å². The van der Waals surface area contributed by atoms with Crippen LogP contribution in [0.5, 0.6) is 0 Å². The molecule has 1 aromatic heterocycles. The molecular weight excluding hydrogens is 226 g/mol. The summed E-state index contributed by atoms with van der Waals surface area (Å²) in [5.74, 6) is 2.67.